The molecule has 0 bridgehead atoms. The molecule has 2 N–H and O–H groups in total. The van der Waals surface area contributed by atoms with E-state index in [0.29, 0.717) is 6.42 Å². The van der Waals surface area contributed by atoms with Crippen molar-refractivity contribution in [1.82, 2.24) is 10.2 Å². The number of amides is 1. The molecule has 1 saturated heterocycles. The molecule has 12 heavy (non-hydrogen) atoms. The molecular weight excluding hydrogens is 156 g/mol. The second kappa shape index (κ2) is 4.42. The summed E-state index contributed by atoms with van der Waals surface area (Å²) in [6.07, 6.45) is 0.523. The first-order valence-electron chi connectivity index (χ1n) is 4.42. The largest absolute Gasteiger partial charge is 0.396 e. The fourth-order valence-electron chi connectivity index (χ4n) is 1.46. The van der Waals surface area contributed by atoms with E-state index in [9.17, 15) is 4.79 Å². The number of likely N-dealkylation sites (N-methyl/N-ethyl adjacent to an activating group) is 1. The van der Waals surface area contributed by atoms with Gasteiger partial charge in [0.05, 0.1) is 6.04 Å². The van der Waals surface area contributed by atoms with Gasteiger partial charge in [0, 0.05) is 26.2 Å². The molecule has 70 valence electrons. The van der Waals surface area contributed by atoms with Crippen LogP contribution in [0.2, 0.25) is 0 Å². The summed E-state index contributed by atoms with van der Waals surface area (Å²) in [5.74, 6) is 0.123. The maximum Gasteiger partial charge on any atom is 0.239 e. The molecule has 1 heterocycles. The molecule has 1 unspecified atom stereocenters. The maximum absolute atomic E-state index is 11.5. The molecule has 0 spiro atoms. The van der Waals surface area contributed by atoms with Crippen molar-refractivity contribution in [3.8, 4) is 0 Å². The van der Waals surface area contributed by atoms with Crippen LogP contribution in [-0.2, 0) is 4.79 Å². The normalized spacial score (nSPS) is 24.7. The summed E-state index contributed by atoms with van der Waals surface area (Å²) >= 11 is 0. The number of carbonyl (C=O) groups excluding carboxylic acids is 1. The zero-order valence-electron chi connectivity index (χ0n) is 7.42. The molecule has 0 aliphatic carbocycles. The van der Waals surface area contributed by atoms with E-state index in [0.717, 1.165) is 19.6 Å². The van der Waals surface area contributed by atoms with Crippen molar-refractivity contribution >= 4 is 5.91 Å². The molecule has 4 nitrogen and oxygen atoms in total. The van der Waals surface area contributed by atoms with Crippen LogP contribution in [0.25, 0.3) is 0 Å². The van der Waals surface area contributed by atoms with Crippen LogP contribution in [0, 0.1) is 0 Å². The van der Waals surface area contributed by atoms with Gasteiger partial charge >= 0.3 is 0 Å². The third kappa shape index (κ3) is 1.95. The summed E-state index contributed by atoms with van der Waals surface area (Å²) in [4.78, 5) is 13.3. The van der Waals surface area contributed by atoms with E-state index in [1.165, 1.54) is 0 Å². The van der Waals surface area contributed by atoms with Gasteiger partial charge in [0.1, 0.15) is 0 Å². The van der Waals surface area contributed by atoms with Crippen molar-refractivity contribution in [2.24, 2.45) is 0 Å². The number of hydrogen-bond donors (Lipinski definition) is 2. The highest BCUT2D eigenvalue weighted by molar-refractivity contribution is 5.82. The third-order valence-electron chi connectivity index (χ3n) is 2.18. The van der Waals surface area contributed by atoms with Crippen LogP contribution >= 0.6 is 0 Å². The van der Waals surface area contributed by atoms with E-state index < -0.39 is 0 Å². The van der Waals surface area contributed by atoms with Crippen LogP contribution in [0.4, 0.5) is 0 Å². The molecule has 1 fully saturated rings. The van der Waals surface area contributed by atoms with Crippen LogP contribution in [0.1, 0.15) is 13.3 Å². The van der Waals surface area contributed by atoms with Crippen LogP contribution in [0.5, 0.6) is 0 Å². The van der Waals surface area contributed by atoms with Gasteiger partial charge in [-0.25, -0.2) is 0 Å². The molecule has 4 heteroatoms. The zero-order valence-corrected chi connectivity index (χ0v) is 7.42. The monoisotopic (exact) mass is 172 g/mol. The van der Waals surface area contributed by atoms with Gasteiger partial charge < -0.3 is 15.3 Å². The Morgan fingerprint density at radius 1 is 1.75 bits per heavy atom. The first kappa shape index (κ1) is 9.48. The van der Waals surface area contributed by atoms with E-state index in [4.69, 9.17) is 5.11 Å². The molecule has 0 aromatic rings. The Kier molecular flexibility index (Phi) is 3.49. The predicted octanol–water partition coefficient (Wildman–Crippen LogP) is -0.811. The molecule has 1 amide bonds. The minimum atomic E-state index is -0.163. The Morgan fingerprint density at radius 2 is 2.50 bits per heavy atom. The number of hydrogen-bond acceptors (Lipinski definition) is 3. The molecule has 0 saturated carbocycles. The number of aliphatic hydroxyl groups is 1. The number of rotatable bonds is 3. The summed E-state index contributed by atoms with van der Waals surface area (Å²) < 4.78 is 0. The number of nitrogens with one attached hydrogen (secondary N) is 1. The van der Waals surface area contributed by atoms with Gasteiger partial charge in [-0.2, -0.15) is 0 Å². The van der Waals surface area contributed by atoms with E-state index in [2.05, 4.69) is 5.32 Å². The average Bonchev–Trinajstić information content (AvgIpc) is 2.09. The van der Waals surface area contributed by atoms with Crippen LogP contribution in [0.3, 0.4) is 0 Å². The fraction of sp³-hybridized carbons (Fsp3) is 0.875. The molecule has 0 radical (unpaired) electrons. The van der Waals surface area contributed by atoms with Crippen molar-refractivity contribution in [2.75, 3.05) is 26.2 Å². The SMILES string of the molecule is CCN1CCNC(CCO)C1=O. The topological polar surface area (TPSA) is 52.6 Å². The lowest BCUT2D eigenvalue weighted by Crippen LogP contribution is -2.55. The van der Waals surface area contributed by atoms with Crippen LogP contribution < -0.4 is 5.32 Å². The van der Waals surface area contributed by atoms with Gasteiger partial charge in [0.25, 0.3) is 0 Å². The Morgan fingerprint density at radius 3 is 3.08 bits per heavy atom. The second-order valence-electron chi connectivity index (χ2n) is 2.94. The van der Waals surface area contributed by atoms with E-state index in [1.54, 1.807) is 0 Å². The summed E-state index contributed by atoms with van der Waals surface area (Å²) in [5, 5.41) is 11.8. The summed E-state index contributed by atoms with van der Waals surface area (Å²) in [5.41, 5.74) is 0. The Labute approximate surface area is 72.6 Å². The molecule has 1 atom stereocenters. The van der Waals surface area contributed by atoms with Crippen LogP contribution in [-0.4, -0.2) is 48.2 Å². The van der Waals surface area contributed by atoms with Gasteiger partial charge in [-0.15, -0.1) is 0 Å². The number of carbonyl (C=O) groups is 1. The minimum Gasteiger partial charge on any atom is -0.396 e. The Bertz CT molecular complexity index is 159. The zero-order chi connectivity index (χ0) is 8.97. The first-order valence-corrected chi connectivity index (χ1v) is 4.42. The maximum atomic E-state index is 11.5. The fourth-order valence-corrected chi connectivity index (χ4v) is 1.46. The van der Waals surface area contributed by atoms with E-state index in [-0.39, 0.29) is 18.6 Å². The highest BCUT2D eigenvalue weighted by Gasteiger charge is 2.26. The lowest BCUT2D eigenvalue weighted by Gasteiger charge is -2.32. The van der Waals surface area contributed by atoms with Gasteiger partial charge in [0.15, 0.2) is 0 Å². The Balaban J connectivity index is 2.47. The lowest BCUT2D eigenvalue weighted by molar-refractivity contribution is -0.135. The quantitative estimate of drug-likeness (QED) is 0.585. The highest BCUT2D eigenvalue weighted by atomic mass is 16.3. The van der Waals surface area contributed by atoms with Crippen LogP contribution in [0.15, 0.2) is 0 Å². The molecule has 1 rings (SSSR count). The smallest absolute Gasteiger partial charge is 0.239 e. The van der Waals surface area contributed by atoms with Gasteiger partial charge in [0.2, 0.25) is 5.91 Å². The van der Waals surface area contributed by atoms with Crippen molar-refractivity contribution in [2.45, 2.75) is 19.4 Å². The number of nitrogens with zero attached hydrogens (tertiary/aromatic N) is 1. The van der Waals surface area contributed by atoms with Crippen molar-refractivity contribution < 1.29 is 9.90 Å². The molecule has 1 aliphatic rings. The first-order chi connectivity index (χ1) is 5.79. The lowest BCUT2D eigenvalue weighted by atomic mass is 10.1. The molecule has 0 aromatic carbocycles. The summed E-state index contributed by atoms with van der Waals surface area (Å²) in [7, 11) is 0. The van der Waals surface area contributed by atoms with Crippen molar-refractivity contribution in [1.29, 1.82) is 0 Å². The van der Waals surface area contributed by atoms with E-state index in [1.807, 2.05) is 11.8 Å². The number of aliphatic hydroxyl groups excluding tert-OH is 1. The highest BCUT2D eigenvalue weighted by Crippen LogP contribution is 2.03. The minimum absolute atomic E-state index is 0.0704. The van der Waals surface area contributed by atoms with Crippen molar-refractivity contribution in [3.63, 3.8) is 0 Å². The second-order valence-corrected chi connectivity index (χ2v) is 2.94. The van der Waals surface area contributed by atoms with Gasteiger partial charge in [-0.05, 0) is 13.3 Å². The molecule has 0 aromatic heterocycles. The molecular formula is C8H16N2O2. The summed E-state index contributed by atoms with van der Waals surface area (Å²) in [6.45, 7) is 4.43. The predicted molar refractivity (Wildman–Crippen MR) is 45.7 cm³/mol. The van der Waals surface area contributed by atoms with E-state index >= 15 is 0 Å². The van der Waals surface area contributed by atoms with Gasteiger partial charge in [-0.3, -0.25) is 4.79 Å². The van der Waals surface area contributed by atoms with Gasteiger partial charge in [-0.1, -0.05) is 0 Å². The average molecular weight is 172 g/mol. The number of piperazine rings is 1. The third-order valence-corrected chi connectivity index (χ3v) is 2.18. The van der Waals surface area contributed by atoms with Crippen molar-refractivity contribution in [3.05, 3.63) is 0 Å². The standard InChI is InChI=1S/C8H16N2O2/c1-2-10-5-4-9-7(3-6-11)8(10)12/h7,9,11H,2-6H2,1H3. The molecule has 1 aliphatic heterocycles. The summed E-state index contributed by atoms with van der Waals surface area (Å²) in [6, 6.07) is -0.163. The Hall–Kier alpha value is -0.610.